The topological polar surface area (TPSA) is 64.4 Å². The van der Waals surface area contributed by atoms with Gasteiger partial charge >= 0.3 is 0 Å². The van der Waals surface area contributed by atoms with Crippen LogP contribution >= 0.6 is 34.7 Å². The molecule has 0 fully saturated rings. The second kappa shape index (κ2) is 9.30. The van der Waals surface area contributed by atoms with Gasteiger partial charge in [-0.3, -0.25) is 14.2 Å². The number of benzene rings is 1. The number of thiophene rings is 1. The molecule has 9 heteroatoms. The highest BCUT2D eigenvalue weighted by Crippen LogP contribution is 2.36. The number of fused-ring (bicyclic) bond motifs is 1. The summed E-state index contributed by atoms with van der Waals surface area (Å²) >= 11 is 9.04. The quantitative estimate of drug-likeness (QED) is 0.401. The van der Waals surface area contributed by atoms with Crippen LogP contribution in [0.25, 0.3) is 21.3 Å². The number of nitrogens with zero attached hydrogens (tertiary/aromatic N) is 3. The SMILES string of the molecule is COCCn1c(SC(C)C(=O)N(C)C)nc2scc(-c3ccccc3Cl)c2c1=O. The summed E-state index contributed by atoms with van der Waals surface area (Å²) in [6.07, 6.45) is 0. The smallest absolute Gasteiger partial charge is 0.263 e. The first-order chi connectivity index (χ1) is 13.8. The van der Waals surface area contributed by atoms with E-state index >= 15 is 0 Å². The Bertz CT molecular complexity index is 1090. The number of hydrogen-bond donors (Lipinski definition) is 0. The second-order valence-corrected chi connectivity index (χ2v) is 9.22. The van der Waals surface area contributed by atoms with Gasteiger partial charge < -0.3 is 9.64 Å². The fraction of sp³-hybridized carbons (Fsp3) is 0.350. The highest BCUT2D eigenvalue weighted by molar-refractivity contribution is 8.00. The molecule has 0 aliphatic heterocycles. The van der Waals surface area contributed by atoms with Crippen molar-refractivity contribution < 1.29 is 9.53 Å². The van der Waals surface area contributed by atoms with Crippen LogP contribution in [0.3, 0.4) is 0 Å². The fourth-order valence-electron chi connectivity index (χ4n) is 2.93. The van der Waals surface area contributed by atoms with E-state index in [1.165, 1.54) is 28.0 Å². The average molecular weight is 452 g/mol. The molecule has 0 saturated carbocycles. The highest BCUT2D eigenvalue weighted by Gasteiger charge is 2.23. The third-order valence-electron chi connectivity index (χ3n) is 4.41. The maximum atomic E-state index is 13.4. The number of carbonyl (C=O) groups is 1. The molecule has 6 nitrogen and oxygen atoms in total. The van der Waals surface area contributed by atoms with Gasteiger partial charge in [0.05, 0.1) is 23.8 Å². The van der Waals surface area contributed by atoms with Gasteiger partial charge in [-0.05, 0) is 13.0 Å². The van der Waals surface area contributed by atoms with E-state index in [1.54, 1.807) is 31.8 Å². The molecule has 0 saturated heterocycles. The molecule has 1 atom stereocenters. The number of thioether (sulfide) groups is 1. The van der Waals surface area contributed by atoms with Crippen LogP contribution in [0.15, 0.2) is 39.6 Å². The molecular weight excluding hydrogens is 430 g/mol. The van der Waals surface area contributed by atoms with Crippen LogP contribution in [0.4, 0.5) is 0 Å². The van der Waals surface area contributed by atoms with E-state index in [0.717, 1.165) is 11.1 Å². The highest BCUT2D eigenvalue weighted by atomic mass is 35.5. The van der Waals surface area contributed by atoms with E-state index in [-0.39, 0.29) is 16.7 Å². The molecular formula is C20H22ClN3O3S2. The van der Waals surface area contributed by atoms with Gasteiger partial charge in [-0.2, -0.15) is 0 Å². The van der Waals surface area contributed by atoms with E-state index in [4.69, 9.17) is 21.3 Å². The van der Waals surface area contributed by atoms with Crippen molar-refractivity contribution in [1.82, 2.24) is 14.5 Å². The summed E-state index contributed by atoms with van der Waals surface area (Å²) in [6.45, 7) is 2.52. The van der Waals surface area contributed by atoms with Crippen molar-refractivity contribution >= 4 is 50.8 Å². The number of halogens is 1. The summed E-state index contributed by atoms with van der Waals surface area (Å²) in [4.78, 5) is 32.6. The summed E-state index contributed by atoms with van der Waals surface area (Å²) in [5.41, 5.74) is 1.41. The third-order valence-corrected chi connectivity index (χ3v) is 6.69. The van der Waals surface area contributed by atoms with Crippen molar-refractivity contribution in [1.29, 1.82) is 0 Å². The number of hydrogen-bond acceptors (Lipinski definition) is 6. The Kier molecular flexibility index (Phi) is 7.00. The lowest BCUT2D eigenvalue weighted by Crippen LogP contribution is -2.31. The lowest BCUT2D eigenvalue weighted by molar-refractivity contribution is -0.127. The standard InChI is InChI=1S/C20H22ClN3O3S2/c1-12(18(25)23(2)3)29-20-22-17-16(19(26)24(20)9-10-27-4)14(11-28-17)13-7-5-6-8-15(13)21/h5-8,11-12H,9-10H2,1-4H3. The number of ether oxygens (including phenoxy) is 1. The lowest BCUT2D eigenvalue weighted by Gasteiger charge is -2.18. The van der Waals surface area contributed by atoms with Crippen LogP contribution in [0.5, 0.6) is 0 Å². The zero-order chi connectivity index (χ0) is 21.1. The zero-order valence-corrected chi connectivity index (χ0v) is 19.0. The average Bonchev–Trinajstić information content (AvgIpc) is 3.11. The Labute approximate surface area is 182 Å². The summed E-state index contributed by atoms with van der Waals surface area (Å²) < 4.78 is 6.77. The van der Waals surface area contributed by atoms with Gasteiger partial charge in [0.25, 0.3) is 5.56 Å². The Morgan fingerprint density at radius 3 is 2.72 bits per heavy atom. The van der Waals surface area contributed by atoms with Gasteiger partial charge in [0.15, 0.2) is 5.16 Å². The maximum Gasteiger partial charge on any atom is 0.263 e. The molecule has 2 aromatic heterocycles. The number of methoxy groups -OCH3 is 1. The molecule has 1 aromatic carbocycles. The van der Waals surface area contributed by atoms with E-state index in [2.05, 4.69) is 0 Å². The molecule has 2 heterocycles. The third kappa shape index (κ3) is 4.50. The monoisotopic (exact) mass is 451 g/mol. The van der Waals surface area contributed by atoms with E-state index in [1.807, 2.05) is 30.5 Å². The maximum absolute atomic E-state index is 13.4. The number of amides is 1. The zero-order valence-electron chi connectivity index (χ0n) is 16.6. The van der Waals surface area contributed by atoms with Gasteiger partial charge in [0.1, 0.15) is 4.83 Å². The van der Waals surface area contributed by atoms with Gasteiger partial charge in [0, 0.05) is 42.7 Å². The van der Waals surface area contributed by atoms with Crippen LogP contribution in [0.2, 0.25) is 5.02 Å². The predicted molar refractivity (Wildman–Crippen MR) is 120 cm³/mol. The second-order valence-electron chi connectivity index (χ2n) is 6.65. The minimum Gasteiger partial charge on any atom is -0.383 e. The van der Waals surface area contributed by atoms with Gasteiger partial charge in [0.2, 0.25) is 5.91 Å². The first-order valence-electron chi connectivity index (χ1n) is 8.98. The molecule has 0 radical (unpaired) electrons. The van der Waals surface area contributed by atoms with Crippen LogP contribution < -0.4 is 5.56 Å². The molecule has 29 heavy (non-hydrogen) atoms. The first-order valence-corrected chi connectivity index (χ1v) is 11.1. The van der Waals surface area contributed by atoms with Crippen LogP contribution in [0, 0.1) is 0 Å². The molecule has 0 aliphatic rings. The Morgan fingerprint density at radius 2 is 2.07 bits per heavy atom. The number of rotatable bonds is 7. The molecule has 154 valence electrons. The van der Waals surface area contributed by atoms with E-state index in [9.17, 15) is 9.59 Å². The van der Waals surface area contributed by atoms with Crippen molar-refractivity contribution in [3.05, 3.63) is 45.0 Å². The summed E-state index contributed by atoms with van der Waals surface area (Å²) in [7, 11) is 5.01. The number of carbonyl (C=O) groups excluding carboxylic acids is 1. The van der Waals surface area contributed by atoms with Crippen LogP contribution in [0.1, 0.15) is 6.92 Å². The Hall–Kier alpha value is -1.87. The largest absolute Gasteiger partial charge is 0.383 e. The lowest BCUT2D eigenvalue weighted by atomic mass is 10.1. The van der Waals surface area contributed by atoms with Crippen molar-refractivity contribution in [2.75, 3.05) is 27.8 Å². The van der Waals surface area contributed by atoms with Gasteiger partial charge in [-0.1, -0.05) is 41.6 Å². The normalized spacial score (nSPS) is 12.3. The summed E-state index contributed by atoms with van der Waals surface area (Å²) in [6, 6.07) is 7.44. The molecule has 0 bridgehead atoms. The Morgan fingerprint density at radius 1 is 1.34 bits per heavy atom. The van der Waals surface area contributed by atoms with Crippen LogP contribution in [-0.2, 0) is 16.1 Å². The van der Waals surface area contributed by atoms with E-state index in [0.29, 0.717) is 33.5 Å². The molecule has 3 aromatic rings. The predicted octanol–water partition coefficient (Wildman–Crippen LogP) is 3.99. The van der Waals surface area contributed by atoms with Crippen molar-refractivity contribution in [2.45, 2.75) is 23.9 Å². The minimum atomic E-state index is -0.369. The molecule has 0 aliphatic carbocycles. The van der Waals surface area contributed by atoms with Crippen LogP contribution in [-0.4, -0.2) is 53.4 Å². The summed E-state index contributed by atoms with van der Waals surface area (Å²) in [5.74, 6) is -0.0365. The molecule has 1 amide bonds. The summed E-state index contributed by atoms with van der Waals surface area (Å²) in [5, 5.41) is 3.17. The van der Waals surface area contributed by atoms with Crippen molar-refractivity contribution in [2.24, 2.45) is 0 Å². The molecule has 0 spiro atoms. The Balaban J connectivity index is 2.15. The molecule has 3 rings (SSSR count). The fourth-order valence-corrected chi connectivity index (χ4v) is 5.22. The minimum absolute atomic E-state index is 0.0365. The molecule has 0 N–H and O–H groups in total. The molecule has 1 unspecified atom stereocenters. The first kappa shape index (κ1) is 21.8. The van der Waals surface area contributed by atoms with Crippen molar-refractivity contribution in [3.8, 4) is 11.1 Å². The number of aromatic nitrogens is 2. The van der Waals surface area contributed by atoms with Crippen molar-refractivity contribution in [3.63, 3.8) is 0 Å². The van der Waals surface area contributed by atoms with Gasteiger partial charge in [-0.15, -0.1) is 11.3 Å². The van der Waals surface area contributed by atoms with E-state index < -0.39 is 0 Å². The van der Waals surface area contributed by atoms with Gasteiger partial charge in [-0.25, -0.2) is 4.98 Å².